The summed E-state index contributed by atoms with van der Waals surface area (Å²) in [6.07, 6.45) is 2.95. The van der Waals surface area contributed by atoms with E-state index in [4.69, 9.17) is 4.74 Å². The Hall–Kier alpha value is -1.59. The molecule has 1 aromatic rings. The zero-order valence-electron chi connectivity index (χ0n) is 15.1. The monoisotopic (exact) mass is 331 g/mol. The Morgan fingerprint density at radius 2 is 1.88 bits per heavy atom. The van der Waals surface area contributed by atoms with E-state index in [1.165, 1.54) is 5.69 Å². The fourth-order valence-electron chi connectivity index (χ4n) is 3.83. The largest absolute Gasteiger partial charge is 0.373 e. The minimum atomic E-state index is -0.0391. The summed E-state index contributed by atoms with van der Waals surface area (Å²) >= 11 is 0. The van der Waals surface area contributed by atoms with Gasteiger partial charge in [-0.15, -0.1) is 0 Å². The molecule has 0 radical (unpaired) electrons. The zero-order valence-corrected chi connectivity index (χ0v) is 15.1. The number of piperidine rings is 1. The van der Waals surface area contributed by atoms with E-state index in [1.807, 2.05) is 30.0 Å². The van der Waals surface area contributed by atoms with Crippen LogP contribution in [-0.4, -0.2) is 74.7 Å². The third-order valence-corrected chi connectivity index (χ3v) is 5.38. The molecular formula is C19H29N3O2. The predicted octanol–water partition coefficient (Wildman–Crippen LogP) is 1.83. The molecule has 2 saturated heterocycles. The summed E-state index contributed by atoms with van der Waals surface area (Å²) in [4.78, 5) is 18.5. The van der Waals surface area contributed by atoms with Gasteiger partial charge in [0.1, 0.15) is 0 Å². The molecule has 0 aromatic heterocycles. The molecule has 5 nitrogen and oxygen atoms in total. The highest BCUT2D eigenvalue weighted by Gasteiger charge is 2.44. The van der Waals surface area contributed by atoms with E-state index in [1.54, 1.807) is 0 Å². The maximum atomic E-state index is 12.2. The number of amides is 1. The van der Waals surface area contributed by atoms with Crippen LogP contribution in [0.25, 0.3) is 0 Å². The molecular weight excluding hydrogens is 302 g/mol. The fourth-order valence-corrected chi connectivity index (χ4v) is 3.83. The molecule has 0 N–H and O–H groups in total. The highest BCUT2D eigenvalue weighted by Crippen LogP contribution is 2.38. The average Bonchev–Trinajstić information content (AvgIpc) is 2.98. The number of rotatable bonds is 4. The number of likely N-dealkylation sites (tertiary alicyclic amines) is 1. The molecule has 0 bridgehead atoms. The molecule has 1 unspecified atom stereocenters. The molecule has 2 aliphatic heterocycles. The second-order valence-corrected chi connectivity index (χ2v) is 7.42. The number of para-hydroxylation sites is 1. The summed E-state index contributed by atoms with van der Waals surface area (Å²) in [6, 6.07) is 10.9. The Morgan fingerprint density at radius 1 is 1.21 bits per heavy atom. The fraction of sp³-hybridized carbons (Fsp3) is 0.632. The third-order valence-electron chi connectivity index (χ3n) is 5.38. The Bertz CT molecular complexity index is 553. The van der Waals surface area contributed by atoms with E-state index >= 15 is 0 Å². The number of carbonyl (C=O) groups excluding carboxylic acids is 1. The lowest BCUT2D eigenvalue weighted by Crippen LogP contribution is -2.49. The van der Waals surface area contributed by atoms with Gasteiger partial charge >= 0.3 is 0 Å². The number of nitrogens with zero attached hydrogens (tertiary/aromatic N) is 3. The van der Waals surface area contributed by atoms with Crippen molar-refractivity contribution in [2.75, 3.05) is 52.3 Å². The molecule has 1 amide bonds. The average molecular weight is 331 g/mol. The van der Waals surface area contributed by atoms with Crippen molar-refractivity contribution >= 4 is 11.6 Å². The van der Waals surface area contributed by atoms with Crippen LogP contribution in [0.4, 0.5) is 5.69 Å². The normalized spacial score (nSPS) is 23.0. The summed E-state index contributed by atoms with van der Waals surface area (Å²) in [6.45, 7) is 2.90. The number of hydrogen-bond donors (Lipinski definition) is 0. The van der Waals surface area contributed by atoms with Gasteiger partial charge in [0, 0.05) is 25.8 Å². The van der Waals surface area contributed by atoms with Crippen LogP contribution in [-0.2, 0) is 9.53 Å². The predicted molar refractivity (Wildman–Crippen MR) is 96.3 cm³/mol. The molecule has 2 aliphatic rings. The van der Waals surface area contributed by atoms with Gasteiger partial charge in [-0.3, -0.25) is 4.79 Å². The highest BCUT2D eigenvalue weighted by atomic mass is 16.5. The first kappa shape index (κ1) is 17.2. The van der Waals surface area contributed by atoms with Gasteiger partial charge in [0.05, 0.1) is 24.8 Å². The minimum Gasteiger partial charge on any atom is -0.373 e. The van der Waals surface area contributed by atoms with Crippen molar-refractivity contribution in [2.24, 2.45) is 0 Å². The summed E-state index contributed by atoms with van der Waals surface area (Å²) in [5.41, 5.74) is 1.20. The van der Waals surface area contributed by atoms with E-state index in [9.17, 15) is 4.79 Å². The van der Waals surface area contributed by atoms with E-state index < -0.39 is 0 Å². The summed E-state index contributed by atoms with van der Waals surface area (Å²) in [5, 5.41) is 0. The minimum absolute atomic E-state index is 0.0391. The molecule has 5 heteroatoms. The first-order valence-corrected chi connectivity index (χ1v) is 8.83. The topological polar surface area (TPSA) is 36.0 Å². The summed E-state index contributed by atoms with van der Waals surface area (Å²) in [5.74, 6) is 0.228. The number of likely N-dealkylation sites (N-methyl/N-ethyl adjacent to an activating group) is 2. The highest BCUT2D eigenvalue weighted by molar-refractivity contribution is 5.78. The first-order chi connectivity index (χ1) is 11.5. The molecule has 24 heavy (non-hydrogen) atoms. The third kappa shape index (κ3) is 3.73. The van der Waals surface area contributed by atoms with Gasteiger partial charge in [-0.25, -0.2) is 0 Å². The van der Waals surface area contributed by atoms with Crippen molar-refractivity contribution in [3.63, 3.8) is 0 Å². The SMILES string of the molecule is CN(C)CC(=O)N1CCC2(CC1)CC(N(C)c1ccccc1)CO2. The van der Waals surface area contributed by atoms with Crippen LogP contribution in [0.3, 0.4) is 0 Å². The molecule has 0 aliphatic carbocycles. The second kappa shape index (κ2) is 7.11. The van der Waals surface area contributed by atoms with Crippen LogP contribution in [0, 0.1) is 0 Å². The lowest BCUT2D eigenvalue weighted by molar-refractivity contribution is -0.136. The number of hydrogen-bond acceptors (Lipinski definition) is 4. The van der Waals surface area contributed by atoms with Crippen LogP contribution in [0.1, 0.15) is 19.3 Å². The Morgan fingerprint density at radius 3 is 2.50 bits per heavy atom. The van der Waals surface area contributed by atoms with E-state index in [0.29, 0.717) is 12.6 Å². The maximum absolute atomic E-state index is 12.2. The standard InChI is InChI=1S/C19H29N3O2/c1-20(2)14-18(23)22-11-9-19(10-12-22)13-17(15-24-19)21(3)16-7-5-4-6-8-16/h4-8,17H,9-15H2,1-3H3. The molecule has 3 rings (SSSR count). The van der Waals surface area contributed by atoms with Crippen LogP contribution in [0.2, 0.25) is 0 Å². The number of benzene rings is 1. The lowest BCUT2D eigenvalue weighted by Gasteiger charge is -2.39. The van der Waals surface area contributed by atoms with Crippen molar-refractivity contribution in [1.82, 2.24) is 9.80 Å². The number of ether oxygens (including phenoxy) is 1. The van der Waals surface area contributed by atoms with Gasteiger partial charge in [0.15, 0.2) is 0 Å². The Labute approximate surface area is 145 Å². The van der Waals surface area contributed by atoms with Gasteiger partial charge in [0.2, 0.25) is 5.91 Å². The van der Waals surface area contributed by atoms with Crippen LogP contribution in [0.5, 0.6) is 0 Å². The maximum Gasteiger partial charge on any atom is 0.236 e. The van der Waals surface area contributed by atoms with Crippen LogP contribution >= 0.6 is 0 Å². The van der Waals surface area contributed by atoms with Crippen molar-refractivity contribution in [1.29, 1.82) is 0 Å². The second-order valence-electron chi connectivity index (χ2n) is 7.42. The zero-order chi connectivity index (χ0) is 17.2. The smallest absolute Gasteiger partial charge is 0.236 e. The van der Waals surface area contributed by atoms with Crippen molar-refractivity contribution in [2.45, 2.75) is 30.9 Å². The van der Waals surface area contributed by atoms with Crippen LogP contribution < -0.4 is 4.90 Å². The van der Waals surface area contributed by atoms with Gasteiger partial charge in [0.25, 0.3) is 0 Å². The van der Waals surface area contributed by atoms with E-state index in [-0.39, 0.29) is 11.5 Å². The van der Waals surface area contributed by atoms with Crippen LogP contribution in [0.15, 0.2) is 30.3 Å². The lowest BCUT2D eigenvalue weighted by atomic mass is 9.87. The molecule has 132 valence electrons. The number of carbonyl (C=O) groups is 1. The van der Waals surface area contributed by atoms with Crippen molar-refractivity contribution in [3.05, 3.63) is 30.3 Å². The van der Waals surface area contributed by atoms with Gasteiger partial charge in [-0.2, -0.15) is 0 Å². The Balaban J connectivity index is 1.55. The molecule has 0 saturated carbocycles. The molecule has 2 fully saturated rings. The first-order valence-electron chi connectivity index (χ1n) is 8.83. The number of anilines is 1. The molecule has 2 heterocycles. The molecule has 1 aromatic carbocycles. The van der Waals surface area contributed by atoms with Gasteiger partial charge in [-0.1, -0.05) is 18.2 Å². The van der Waals surface area contributed by atoms with Crippen molar-refractivity contribution in [3.8, 4) is 0 Å². The Kier molecular flexibility index (Phi) is 5.11. The van der Waals surface area contributed by atoms with Gasteiger partial charge < -0.3 is 19.4 Å². The molecule has 1 atom stereocenters. The van der Waals surface area contributed by atoms with E-state index in [0.717, 1.165) is 39.0 Å². The summed E-state index contributed by atoms with van der Waals surface area (Å²) in [7, 11) is 6.03. The van der Waals surface area contributed by atoms with Crippen molar-refractivity contribution < 1.29 is 9.53 Å². The van der Waals surface area contributed by atoms with Gasteiger partial charge in [-0.05, 0) is 45.5 Å². The summed E-state index contributed by atoms with van der Waals surface area (Å²) < 4.78 is 6.26. The van der Waals surface area contributed by atoms with E-state index in [2.05, 4.69) is 36.2 Å². The quantitative estimate of drug-likeness (QED) is 0.843. The molecule has 1 spiro atoms.